The number of sulfonamides is 1. The summed E-state index contributed by atoms with van der Waals surface area (Å²) in [5.41, 5.74) is 0.679. The molecule has 1 unspecified atom stereocenters. The van der Waals surface area contributed by atoms with E-state index < -0.39 is 43.0 Å². The lowest BCUT2D eigenvalue weighted by atomic mass is 9.78. The number of rotatable bonds is 3. The Morgan fingerprint density at radius 3 is 2.54 bits per heavy atom. The van der Waals surface area contributed by atoms with E-state index in [0.29, 0.717) is 44.1 Å². The maximum absolute atomic E-state index is 13.2. The van der Waals surface area contributed by atoms with Gasteiger partial charge in [0.15, 0.2) is 9.84 Å². The number of nitrogens with zero attached hydrogens (tertiary/aromatic N) is 2. The quantitative estimate of drug-likeness (QED) is 0.562. The number of aliphatic hydroxyl groups excluding tert-OH is 1. The minimum atomic E-state index is -3.90. The normalized spacial score (nSPS) is 25.6. The summed E-state index contributed by atoms with van der Waals surface area (Å²) < 4.78 is 58.4. The van der Waals surface area contributed by atoms with E-state index in [4.69, 9.17) is 4.74 Å². The molecule has 1 aliphatic carbocycles. The Balaban J connectivity index is 1.61. The minimum Gasteiger partial charge on any atom is -0.492 e. The lowest BCUT2D eigenvalue weighted by molar-refractivity contribution is -0.131. The van der Waals surface area contributed by atoms with E-state index in [-0.39, 0.29) is 24.6 Å². The number of sulfone groups is 1. The Labute approximate surface area is 220 Å². The first kappa shape index (κ1) is 28.3. The zero-order valence-electron chi connectivity index (χ0n) is 21.7. The third-order valence-electron chi connectivity index (χ3n) is 7.82. The highest BCUT2D eigenvalue weighted by molar-refractivity contribution is 7.91. The monoisotopic (exact) mass is 557 g/mol. The van der Waals surface area contributed by atoms with Crippen LogP contribution >= 0.6 is 0 Å². The summed E-state index contributed by atoms with van der Waals surface area (Å²) in [7, 11) is -5.45. The molecule has 12 heteroatoms. The Morgan fingerprint density at radius 2 is 1.89 bits per heavy atom. The van der Waals surface area contributed by atoms with Crippen LogP contribution in [0.3, 0.4) is 0 Å². The molecule has 1 aromatic carbocycles. The molecule has 4 rings (SSSR count). The second kappa shape index (κ2) is 11.2. The highest BCUT2D eigenvalue weighted by Gasteiger charge is 2.39. The molecular formula is C25H39N3O7S2. The number of piperidine rings is 1. The van der Waals surface area contributed by atoms with Crippen molar-refractivity contribution in [2.75, 3.05) is 58.4 Å². The first-order valence-electron chi connectivity index (χ1n) is 12.9. The molecule has 0 aromatic heterocycles. The first-order chi connectivity index (χ1) is 17.4. The van der Waals surface area contributed by atoms with Crippen molar-refractivity contribution in [3.05, 3.63) is 23.8 Å². The average Bonchev–Trinajstić information content (AvgIpc) is 3.35. The smallest absolute Gasteiger partial charge is 0.244 e. The number of likely N-dealkylation sites (tertiary alicyclic amines) is 1. The predicted molar refractivity (Wildman–Crippen MR) is 140 cm³/mol. The minimum absolute atomic E-state index is 0.0614. The molecule has 1 aromatic rings. The fourth-order valence-electron chi connectivity index (χ4n) is 5.84. The van der Waals surface area contributed by atoms with Crippen LogP contribution in [0.25, 0.3) is 0 Å². The molecule has 3 aliphatic rings. The molecule has 208 valence electrons. The number of amides is 1. The van der Waals surface area contributed by atoms with E-state index in [2.05, 4.69) is 4.72 Å². The van der Waals surface area contributed by atoms with Crippen molar-refractivity contribution in [2.24, 2.45) is 5.41 Å². The molecule has 0 bridgehead atoms. The van der Waals surface area contributed by atoms with Crippen molar-refractivity contribution in [2.45, 2.75) is 55.4 Å². The molecule has 2 N–H and O–H groups in total. The van der Waals surface area contributed by atoms with Crippen LogP contribution in [-0.2, 0) is 24.7 Å². The fourth-order valence-corrected chi connectivity index (χ4v) is 7.67. The van der Waals surface area contributed by atoms with Crippen LogP contribution in [0.15, 0.2) is 23.1 Å². The summed E-state index contributed by atoms with van der Waals surface area (Å²) in [6.45, 7) is 1.78. The van der Waals surface area contributed by atoms with E-state index in [1.54, 1.807) is 11.0 Å². The zero-order chi connectivity index (χ0) is 26.8. The van der Waals surface area contributed by atoms with Crippen LogP contribution in [0.1, 0.15) is 50.0 Å². The molecule has 2 heterocycles. The van der Waals surface area contributed by atoms with Crippen molar-refractivity contribution in [1.82, 2.24) is 14.5 Å². The number of likely N-dealkylation sites (N-methyl/N-ethyl adjacent to an activating group) is 1. The van der Waals surface area contributed by atoms with Crippen molar-refractivity contribution < 1.29 is 31.5 Å². The number of fused-ring (bicyclic) bond motifs is 1. The Hall–Kier alpha value is -1.73. The Bertz CT molecular complexity index is 1190. The number of hydrogen-bond acceptors (Lipinski definition) is 8. The number of ether oxygens (including phenoxy) is 1. The molecule has 2 aliphatic heterocycles. The number of aliphatic hydroxyl groups is 1. The number of nitrogens with one attached hydrogen (secondary N) is 1. The zero-order valence-corrected chi connectivity index (χ0v) is 23.3. The van der Waals surface area contributed by atoms with Gasteiger partial charge in [-0.3, -0.25) is 4.79 Å². The van der Waals surface area contributed by atoms with Gasteiger partial charge in [0.2, 0.25) is 15.9 Å². The average molecular weight is 558 g/mol. The maximum atomic E-state index is 13.2. The lowest BCUT2D eigenvalue weighted by Gasteiger charge is -2.44. The number of carbonyl (C=O) groups excluding carboxylic acids is 1. The van der Waals surface area contributed by atoms with Gasteiger partial charge in [-0.15, -0.1) is 0 Å². The molecule has 1 saturated carbocycles. The molecule has 10 nitrogen and oxygen atoms in total. The van der Waals surface area contributed by atoms with Gasteiger partial charge in [0.25, 0.3) is 0 Å². The SMILES string of the molecule is CN1CC(O)CNS(=O)(=O)c2ccc(C3CCCC3)cc2OCC2(CCN(C(=O)CS(C)(=O)=O)CC2)C1. The van der Waals surface area contributed by atoms with Gasteiger partial charge in [-0.2, -0.15) is 0 Å². The van der Waals surface area contributed by atoms with E-state index >= 15 is 0 Å². The highest BCUT2D eigenvalue weighted by Crippen LogP contribution is 2.39. The Kier molecular flexibility index (Phi) is 8.54. The van der Waals surface area contributed by atoms with Crippen molar-refractivity contribution >= 4 is 25.8 Å². The number of β-amino-alcohol motifs (C(OH)–C–C–N with tert-alkyl or cyclic N) is 1. The summed E-state index contributed by atoms with van der Waals surface area (Å²) in [5.74, 6) is -0.217. The summed E-state index contributed by atoms with van der Waals surface area (Å²) in [6.07, 6.45) is 5.77. The summed E-state index contributed by atoms with van der Waals surface area (Å²) in [6, 6.07) is 5.33. The van der Waals surface area contributed by atoms with Crippen molar-refractivity contribution in [3.63, 3.8) is 0 Å². The standard InChI is InChI=1S/C25H39N3O7S2/c1-27-15-21(29)14-26-37(33,34)23-8-7-20(19-5-3-4-6-19)13-22(23)35-18-25(17-27)9-11-28(12-10-25)24(30)16-36(2,31)32/h7-8,13,19,21,26,29H,3-6,9-12,14-18H2,1-2H3. The molecule has 1 amide bonds. The van der Waals surface area contributed by atoms with Crippen LogP contribution in [0, 0.1) is 5.41 Å². The molecule has 1 atom stereocenters. The second-order valence-electron chi connectivity index (χ2n) is 11.1. The number of benzene rings is 1. The molecule has 1 spiro atoms. The van der Waals surface area contributed by atoms with E-state index in [0.717, 1.165) is 37.5 Å². The number of carbonyl (C=O) groups is 1. The van der Waals surface area contributed by atoms with Crippen LogP contribution < -0.4 is 9.46 Å². The molecule has 0 radical (unpaired) electrons. The fraction of sp³-hybridized carbons (Fsp3) is 0.720. The van der Waals surface area contributed by atoms with Crippen LogP contribution in [0.4, 0.5) is 0 Å². The largest absolute Gasteiger partial charge is 0.492 e. The van der Waals surface area contributed by atoms with Crippen LogP contribution in [-0.4, -0.2) is 102 Å². The van der Waals surface area contributed by atoms with Crippen molar-refractivity contribution in [1.29, 1.82) is 0 Å². The predicted octanol–water partition coefficient (Wildman–Crippen LogP) is 0.961. The van der Waals surface area contributed by atoms with E-state index in [1.807, 2.05) is 24.1 Å². The van der Waals surface area contributed by atoms with Gasteiger partial charge in [0.1, 0.15) is 16.4 Å². The molecule has 1 saturated heterocycles. The highest BCUT2D eigenvalue weighted by atomic mass is 32.2. The lowest BCUT2D eigenvalue weighted by Crippen LogP contribution is -2.52. The third kappa shape index (κ3) is 7.23. The second-order valence-corrected chi connectivity index (χ2v) is 15.0. The first-order valence-corrected chi connectivity index (χ1v) is 16.5. The topological polar surface area (TPSA) is 133 Å². The van der Waals surface area contributed by atoms with Gasteiger partial charge in [-0.05, 0) is 56.3 Å². The molecular weight excluding hydrogens is 518 g/mol. The van der Waals surface area contributed by atoms with Gasteiger partial charge in [-0.1, -0.05) is 18.9 Å². The van der Waals surface area contributed by atoms with E-state index in [9.17, 15) is 26.7 Å². The van der Waals surface area contributed by atoms with Gasteiger partial charge < -0.3 is 19.6 Å². The van der Waals surface area contributed by atoms with Crippen LogP contribution in [0.2, 0.25) is 0 Å². The number of hydrogen-bond donors (Lipinski definition) is 2. The van der Waals surface area contributed by atoms with Gasteiger partial charge in [0, 0.05) is 44.4 Å². The van der Waals surface area contributed by atoms with Gasteiger partial charge in [0.05, 0.1) is 12.7 Å². The van der Waals surface area contributed by atoms with Gasteiger partial charge >= 0.3 is 0 Å². The summed E-state index contributed by atoms with van der Waals surface area (Å²) in [5, 5.41) is 10.5. The summed E-state index contributed by atoms with van der Waals surface area (Å²) in [4.78, 5) is 16.1. The molecule has 37 heavy (non-hydrogen) atoms. The van der Waals surface area contributed by atoms with Crippen molar-refractivity contribution in [3.8, 4) is 5.75 Å². The Morgan fingerprint density at radius 1 is 1.22 bits per heavy atom. The summed E-state index contributed by atoms with van der Waals surface area (Å²) >= 11 is 0. The maximum Gasteiger partial charge on any atom is 0.244 e. The molecule has 2 fully saturated rings. The van der Waals surface area contributed by atoms with Crippen LogP contribution in [0.5, 0.6) is 5.75 Å². The van der Waals surface area contributed by atoms with E-state index in [1.165, 1.54) is 0 Å². The third-order valence-corrected chi connectivity index (χ3v) is 10.1. The van der Waals surface area contributed by atoms with Gasteiger partial charge in [-0.25, -0.2) is 21.6 Å².